The third-order valence-electron chi connectivity index (χ3n) is 4.43. The third-order valence-corrected chi connectivity index (χ3v) is 4.43. The molecule has 2 aromatic rings. The summed E-state index contributed by atoms with van der Waals surface area (Å²) in [6, 6.07) is 13.3. The van der Waals surface area contributed by atoms with Crippen molar-refractivity contribution in [3.05, 3.63) is 60.2 Å². The van der Waals surface area contributed by atoms with E-state index in [1.807, 2.05) is 12.3 Å². The highest BCUT2D eigenvalue weighted by Crippen LogP contribution is 2.34. The quantitative estimate of drug-likeness (QED) is 0.903. The fourth-order valence-electron chi connectivity index (χ4n) is 3.32. The molecule has 0 amide bonds. The number of hydrogen-bond donors (Lipinski definition) is 1. The van der Waals surface area contributed by atoms with Crippen LogP contribution in [0.15, 0.2) is 48.9 Å². The first-order valence-electron chi connectivity index (χ1n) is 7.97. The molecule has 1 aromatic heterocycles. The highest BCUT2D eigenvalue weighted by Gasteiger charge is 2.24. The van der Waals surface area contributed by atoms with E-state index in [9.17, 15) is 0 Å². The van der Waals surface area contributed by atoms with Gasteiger partial charge in [-0.3, -0.25) is 0 Å². The fourth-order valence-corrected chi connectivity index (χ4v) is 3.32. The van der Waals surface area contributed by atoms with E-state index in [0.717, 1.165) is 18.2 Å². The Morgan fingerprint density at radius 3 is 2.57 bits per heavy atom. The summed E-state index contributed by atoms with van der Waals surface area (Å²) in [5.41, 5.74) is 2.46. The average Bonchev–Trinajstić information content (AvgIpc) is 2.58. The molecule has 1 saturated carbocycles. The van der Waals surface area contributed by atoms with Crippen LogP contribution >= 0.6 is 0 Å². The molecule has 0 saturated heterocycles. The third kappa shape index (κ3) is 3.88. The van der Waals surface area contributed by atoms with Gasteiger partial charge in [0.15, 0.2) is 0 Å². The van der Waals surface area contributed by atoms with Gasteiger partial charge in [-0.05, 0) is 30.4 Å². The molecule has 3 heteroatoms. The Balaban J connectivity index is 1.72. The molecule has 1 heterocycles. The second kappa shape index (κ2) is 7.32. The minimum absolute atomic E-state index is 0.432. The SMILES string of the molecule is c1ccc(C(NCc2ccncn2)C2CCCCC2)cc1. The number of aromatic nitrogens is 2. The molecule has 1 aliphatic carbocycles. The van der Waals surface area contributed by atoms with Crippen molar-refractivity contribution in [2.45, 2.75) is 44.7 Å². The lowest BCUT2D eigenvalue weighted by atomic mass is 9.81. The lowest BCUT2D eigenvalue weighted by Crippen LogP contribution is -2.29. The zero-order valence-electron chi connectivity index (χ0n) is 12.4. The number of nitrogens with zero attached hydrogens (tertiary/aromatic N) is 2. The normalized spacial score (nSPS) is 17.5. The molecule has 21 heavy (non-hydrogen) atoms. The van der Waals surface area contributed by atoms with E-state index in [1.54, 1.807) is 6.33 Å². The minimum atomic E-state index is 0.432. The van der Waals surface area contributed by atoms with Crippen molar-refractivity contribution in [1.29, 1.82) is 0 Å². The van der Waals surface area contributed by atoms with Gasteiger partial charge in [-0.15, -0.1) is 0 Å². The summed E-state index contributed by atoms with van der Waals surface area (Å²) in [4.78, 5) is 8.30. The molecule has 1 atom stereocenters. The minimum Gasteiger partial charge on any atom is -0.304 e. The first kappa shape index (κ1) is 14.2. The zero-order chi connectivity index (χ0) is 14.3. The summed E-state index contributed by atoms with van der Waals surface area (Å²) in [7, 11) is 0. The molecule has 1 aliphatic rings. The monoisotopic (exact) mass is 281 g/mol. The summed E-state index contributed by atoms with van der Waals surface area (Å²) in [5, 5.41) is 3.73. The van der Waals surface area contributed by atoms with Crippen LogP contribution in [0, 0.1) is 5.92 Å². The van der Waals surface area contributed by atoms with E-state index >= 15 is 0 Å². The van der Waals surface area contributed by atoms with Crippen LogP contribution in [0.2, 0.25) is 0 Å². The van der Waals surface area contributed by atoms with Gasteiger partial charge in [-0.1, -0.05) is 49.6 Å². The lowest BCUT2D eigenvalue weighted by molar-refractivity contribution is 0.269. The lowest BCUT2D eigenvalue weighted by Gasteiger charge is -2.31. The Hall–Kier alpha value is -1.74. The summed E-state index contributed by atoms with van der Waals surface area (Å²) in [6.07, 6.45) is 10.2. The topological polar surface area (TPSA) is 37.8 Å². The molecule has 1 fully saturated rings. The van der Waals surface area contributed by atoms with Gasteiger partial charge in [0.05, 0.1) is 5.69 Å². The van der Waals surface area contributed by atoms with Crippen molar-refractivity contribution in [2.24, 2.45) is 5.92 Å². The van der Waals surface area contributed by atoms with Crippen LogP contribution in [0.25, 0.3) is 0 Å². The number of rotatable bonds is 5. The van der Waals surface area contributed by atoms with Gasteiger partial charge in [-0.2, -0.15) is 0 Å². The summed E-state index contributed by atoms with van der Waals surface area (Å²) >= 11 is 0. The smallest absolute Gasteiger partial charge is 0.115 e. The maximum Gasteiger partial charge on any atom is 0.115 e. The molecular weight excluding hydrogens is 258 g/mol. The summed E-state index contributed by atoms with van der Waals surface area (Å²) in [5.74, 6) is 0.739. The van der Waals surface area contributed by atoms with Gasteiger partial charge in [0.1, 0.15) is 6.33 Å². The summed E-state index contributed by atoms with van der Waals surface area (Å²) in [6.45, 7) is 0.804. The average molecular weight is 281 g/mol. The predicted octanol–water partition coefficient (Wildman–Crippen LogP) is 3.89. The van der Waals surface area contributed by atoms with Crippen molar-refractivity contribution < 1.29 is 0 Å². The highest BCUT2D eigenvalue weighted by molar-refractivity contribution is 5.20. The maximum atomic E-state index is 4.32. The molecule has 0 bridgehead atoms. The van der Waals surface area contributed by atoms with E-state index in [0.29, 0.717) is 6.04 Å². The molecule has 1 N–H and O–H groups in total. The molecule has 3 nitrogen and oxygen atoms in total. The first-order chi connectivity index (χ1) is 10.4. The predicted molar refractivity (Wildman–Crippen MR) is 84.6 cm³/mol. The number of hydrogen-bond acceptors (Lipinski definition) is 3. The zero-order valence-corrected chi connectivity index (χ0v) is 12.4. The molecule has 0 radical (unpaired) electrons. The molecule has 110 valence electrons. The largest absolute Gasteiger partial charge is 0.304 e. The highest BCUT2D eigenvalue weighted by atomic mass is 14.9. The van der Waals surface area contributed by atoms with Crippen LogP contribution in [0.5, 0.6) is 0 Å². The van der Waals surface area contributed by atoms with Crippen LogP contribution in [-0.4, -0.2) is 9.97 Å². The summed E-state index contributed by atoms with van der Waals surface area (Å²) < 4.78 is 0. The Morgan fingerprint density at radius 2 is 1.86 bits per heavy atom. The number of benzene rings is 1. The Bertz CT molecular complexity index is 521. The van der Waals surface area contributed by atoms with E-state index in [1.165, 1.54) is 37.7 Å². The van der Waals surface area contributed by atoms with Crippen molar-refractivity contribution in [2.75, 3.05) is 0 Å². The molecule has 0 aliphatic heterocycles. The van der Waals surface area contributed by atoms with Gasteiger partial charge < -0.3 is 5.32 Å². The van der Waals surface area contributed by atoms with Gasteiger partial charge in [0.25, 0.3) is 0 Å². The number of nitrogens with one attached hydrogen (secondary N) is 1. The van der Waals surface area contributed by atoms with Crippen molar-refractivity contribution in [3.8, 4) is 0 Å². The van der Waals surface area contributed by atoms with E-state index < -0.39 is 0 Å². The van der Waals surface area contributed by atoms with Crippen LogP contribution in [-0.2, 0) is 6.54 Å². The van der Waals surface area contributed by atoms with E-state index in [2.05, 4.69) is 45.6 Å². The van der Waals surface area contributed by atoms with Crippen molar-refractivity contribution in [3.63, 3.8) is 0 Å². The molecule has 1 aromatic carbocycles. The van der Waals surface area contributed by atoms with Gasteiger partial charge in [0, 0.05) is 18.8 Å². The van der Waals surface area contributed by atoms with Crippen molar-refractivity contribution >= 4 is 0 Å². The van der Waals surface area contributed by atoms with E-state index in [4.69, 9.17) is 0 Å². The molecule has 0 spiro atoms. The molecule has 1 unspecified atom stereocenters. The van der Waals surface area contributed by atoms with Crippen molar-refractivity contribution in [1.82, 2.24) is 15.3 Å². The van der Waals surface area contributed by atoms with Crippen LogP contribution in [0.4, 0.5) is 0 Å². The van der Waals surface area contributed by atoms with Gasteiger partial charge in [-0.25, -0.2) is 9.97 Å². The molecule has 3 rings (SSSR count). The first-order valence-corrected chi connectivity index (χ1v) is 7.97. The fraction of sp³-hybridized carbons (Fsp3) is 0.444. The van der Waals surface area contributed by atoms with E-state index in [-0.39, 0.29) is 0 Å². The Kier molecular flexibility index (Phi) is 4.95. The van der Waals surface area contributed by atoms with Crippen LogP contribution < -0.4 is 5.32 Å². The maximum absolute atomic E-state index is 4.32. The standard InChI is InChI=1S/C18H23N3/c1-3-7-15(8-4-1)18(16-9-5-2-6-10-16)20-13-17-11-12-19-14-21-17/h1,3-4,7-8,11-12,14,16,18,20H,2,5-6,9-10,13H2. The Labute approximate surface area is 126 Å². The van der Waals surface area contributed by atoms with Crippen LogP contribution in [0.3, 0.4) is 0 Å². The van der Waals surface area contributed by atoms with Gasteiger partial charge in [0.2, 0.25) is 0 Å². The Morgan fingerprint density at radius 1 is 1.05 bits per heavy atom. The second-order valence-corrected chi connectivity index (χ2v) is 5.87. The molecular formula is C18H23N3. The van der Waals surface area contributed by atoms with Gasteiger partial charge >= 0.3 is 0 Å². The van der Waals surface area contributed by atoms with Crippen LogP contribution in [0.1, 0.15) is 49.4 Å². The second-order valence-electron chi connectivity index (χ2n) is 5.87.